The lowest BCUT2D eigenvalue weighted by Crippen LogP contribution is -2.34. The second-order valence-corrected chi connectivity index (χ2v) is 8.90. The van der Waals surface area contributed by atoms with Crippen molar-refractivity contribution in [2.45, 2.75) is 13.5 Å². The molecule has 0 fully saturated rings. The molecule has 1 aromatic heterocycles. The first-order chi connectivity index (χ1) is 18.3. The molecular formula is C26H24FN7O3S. The van der Waals surface area contributed by atoms with Gasteiger partial charge in [-0.15, -0.1) is 11.3 Å². The molecule has 0 aliphatic rings. The summed E-state index contributed by atoms with van der Waals surface area (Å²) in [5.41, 5.74) is 0.719. The molecule has 0 saturated heterocycles. The summed E-state index contributed by atoms with van der Waals surface area (Å²) in [4.78, 5) is 39.1. The number of halogens is 1. The summed E-state index contributed by atoms with van der Waals surface area (Å²) < 4.78 is 15.7. The SMILES string of the molecule is CCn1c(=O)/c(=C\Nc2cccc(NC(=O)CN(C)c3ccccc3F)c2)s/c1=C(/C#N)C(=O)NCC#N. The average molecular weight is 534 g/mol. The van der Waals surface area contributed by atoms with Gasteiger partial charge in [0.25, 0.3) is 11.5 Å². The molecular weight excluding hydrogens is 509 g/mol. The van der Waals surface area contributed by atoms with Gasteiger partial charge in [0.1, 0.15) is 27.6 Å². The summed E-state index contributed by atoms with van der Waals surface area (Å²) in [6.07, 6.45) is 1.46. The number of nitrogens with one attached hydrogen (secondary N) is 3. The van der Waals surface area contributed by atoms with Crippen molar-refractivity contribution in [1.29, 1.82) is 10.5 Å². The number of carbonyl (C=O) groups excluding carboxylic acids is 2. The number of rotatable bonds is 9. The minimum atomic E-state index is -0.735. The van der Waals surface area contributed by atoms with Crippen LogP contribution in [-0.2, 0) is 16.1 Å². The number of nitriles is 2. The van der Waals surface area contributed by atoms with Crippen molar-refractivity contribution in [2.24, 2.45) is 0 Å². The summed E-state index contributed by atoms with van der Waals surface area (Å²) in [5, 5.41) is 26.2. The zero-order chi connectivity index (χ0) is 27.7. The van der Waals surface area contributed by atoms with Crippen LogP contribution < -0.4 is 35.6 Å². The molecule has 12 heteroatoms. The van der Waals surface area contributed by atoms with Gasteiger partial charge in [0.15, 0.2) is 5.57 Å². The van der Waals surface area contributed by atoms with E-state index >= 15 is 0 Å². The van der Waals surface area contributed by atoms with Crippen LogP contribution in [0.15, 0.2) is 53.3 Å². The van der Waals surface area contributed by atoms with Gasteiger partial charge in [-0.05, 0) is 37.3 Å². The number of aromatic nitrogens is 1. The Hall–Kier alpha value is -4.94. The fourth-order valence-electron chi connectivity index (χ4n) is 3.49. The normalized spacial score (nSPS) is 11.7. The highest BCUT2D eigenvalue weighted by molar-refractivity contribution is 7.07. The highest BCUT2D eigenvalue weighted by atomic mass is 32.1. The first-order valence-electron chi connectivity index (χ1n) is 11.4. The molecule has 2 aromatic carbocycles. The molecule has 3 rings (SSSR count). The van der Waals surface area contributed by atoms with Gasteiger partial charge in [0, 0.05) is 31.2 Å². The van der Waals surface area contributed by atoms with E-state index in [2.05, 4.69) is 16.0 Å². The van der Waals surface area contributed by atoms with Gasteiger partial charge in [0.2, 0.25) is 5.91 Å². The number of hydrogen-bond donors (Lipinski definition) is 3. The summed E-state index contributed by atoms with van der Waals surface area (Å²) in [6, 6.07) is 16.5. The zero-order valence-corrected chi connectivity index (χ0v) is 21.4. The summed E-state index contributed by atoms with van der Waals surface area (Å²) in [7, 11) is 1.62. The molecule has 0 radical (unpaired) electrons. The molecule has 1 heterocycles. The number of likely N-dealkylation sites (N-methyl/N-ethyl adjacent to an activating group) is 1. The predicted molar refractivity (Wildman–Crippen MR) is 144 cm³/mol. The molecule has 3 N–H and O–H groups in total. The Balaban J connectivity index is 1.80. The van der Waals surface area contributed by atoms with Crippen LogP contribution in [0, 0.1) is 28.5 Å². The van der Waals surface area contributed by atoms with E-state index < -0.39 is 11.7 Å². The number of amides is 2. The lowest BCUT2D eigenvalue weighted by atomic mass is 10.2. The molecule has 0 unspecified atom stereocenters. The van der Waals surface area contributed by atoms with Crippen LogP contribution in [0.3, 0.4) is 0 Å². The summed E-state index contributed by atoms with van der Waals surface area (Å²) in [6.45, 7) is 1.61. The maximum atomic E-state index is 14.0. The van der Waals surface area contributed by atoms with E-state index in [0.717, 1.165) is 11.3 Å². The topological polar surface area (TPSA) is 143 Å². The number of thiazole rings is 1. The van der Waals surface area contributed by atoms with Crippen LogP contribution in [0.1, 0.15) is 6.92 Å². The highest BCUT2D eigenvalue weighted by Gasteiger charge is 2.15. The first-order valence-corrected chi connectivity index (χ1v) is 12.2. The first kappa shape index (κ1) is 27.6. The number of hydrogen-bond acceptors (Lipinski definition) is 8. The largest absolute Gasteiger partial charge is 0.363 e. The molecule has 0 atom stereocenters. The van der Waals surface area contributed by atoms with Crippen molar-refractivity contribution in [2.75, 3.05) is 35.7 Å². The monoisotopic (exact) mass is 533 g/mol. The fourth-order valence-corrected chi connectivity index (χ4v) is 4.58. The van der Waals surface area contributed by atoms with Gasteiger partial charge in [-0.1, -0.05) is 18.2 Å². The van der Waals surface area contributed by atoms with Crippen molar-refractivity contribution in [3.05, 3.63) is 73.9 Å². The maximum absolute atomic E-state index is 14.0. The molecule has 38 heavy (non-hydrogen) atoms. The molecule has 0 spiro atoms. The van der Waals surface area contributed by atoms with Gasteiger partial charge in [0.05, 0.1) is 18.3 Å². The quantitative estimate of drug-likeness (QED) is 0.352. The van der Waals surface area contributed by atoms with Crippen molar-refractivity contribution < 1.29 is 14.0 Å². The van der Waals surface area contributed by atoms with Crippen LogP contribution in [-0.4, -0.2) is 36.5 Å². The van der Waals surface area contributed by atoms with Gasteiger partial charge in [-0.3, -0.25) is 19.0 Å². The van der Waals surface area contributed by atoms with Crippen LogP contribution in [0.2, 0.25) is 0 Å². The second kappa shape index (κ2) is 12.9. The summed E-state index contributed by atoms with van der Waals surface area (Å²) >= 11 is 0.968. The minimum absolute atomic E-state index is 0.0705. The Morgan fingerprint density at radius 2 is 1.89 bits per heavy atom. The lowest BCUT2D eigenvalue weighted by molar-refractivity contribution is -0.116. The third kappa shape index (κ3) is 6.63. The molecule has 3 aromatic rings. The number of benzene rings is 2. The third-order valence-electron chi connectivity index (χ3n) is 5.27. The maximum Gasteiger partial charge on any atom is 0.270 e. The molecule has 194 valence electrons. The standard InChI is InChI=1S/C26H24FN7O3S/c1-3-34-25(37)22(38-26(34)19(14-29)24(36)30-12-11-28)15-31-17-7-6-8-18(13-17)32-23(35)16-33(2)21-10-5-4-9-20(21)27/h4-10,13,15,31H,3,12,16H2,1-2H3,(H,30,36)(H,32,35)/b22-15+,26-19-. The summed E-state index contributed by atoms with van der Waals surface area (Å²) in [5.74, 6) is -1.51. The molecule has 0 saturated carbocycles. The Labute approximate surface area is 221 Å². The Morgan fingerprint density at radius 1 is 1.16 bits per heavy atom. The van der Waals surface area contributed by atoms with E-state index in [0.29, 0.717) is 17.1 Å². The third-order valence-corrected chi connectivity index (χ3v) is 6.40. The second-order valence-electron chi connectivity index (χ2n) is 7.87. The number of carbonyl (C=O) groups is 2. The van der Waals surface area contributed by atoms with Gasteiger partial charge < -0.3 is 20.9 Å². The minimum Gasteiger partial charge on any atom is -0.363 e. The van der Waals surface area contributed by atoms with Crippen molar-refractivity contribution >= 4 is 52.0 Å². The van der Waals surface area contributed by atoms with Gasteiger partial charge >= 0.3 is 0 Å². The molecule has 0 aliphatic heterocycles. The number of anilines is 3. The van der Waals surface area contributed by atoms with Crippen molar-refractivity contribution in [1.82, 2.24) is 9.88 Å². The van der Waals surface area contributed by atoms with Gasteiger partial charge in [-0.2, -0.15) is 10.5 Å². The van der Waals surface area contributed by atoms with E-state index in [4.69, 9.17) is 5.26 Å². The number of nitrogens with zero attached hydrogens (tertiary/aromatic N) is 4. The predicted octanol–water partition coefficient (Wildman–Crippen LogP) is 1.31. The Bertz CT molecular complexity index is 1610. The zero-order valence-electron chi connectivity index (χ0n) is 20.6. The van der Waals surface area contributed by atoms with E-state index in [1.165, 1.54) is 21.7 Å². The molecule has 2 amide bonds. The van der Waals surface area contributed by atoms with E-state index in [1.54, 1.807) is 62.5 Å². The Morgan fingerprint density at radius 3 is 2.58 bits per heavy atom. The number of para-hydroxylation sites is 1. The Kier molecular flexibility index (Phi) is 9.35. The van der Waals surface area contributed by atoms with Crippen LogP contribution in [0.4, 0.5) is 21.5 Å². The average Bonchev–Trinajstić information content (AvgIpc) is 3.21. The molecule has 0 bridgehead atoms. The van der Waals surface area contributed by atoms with Gasteiger partial charge in [-0.25, -0.2) is 4.39 Å². The van der Waals surface area contributed by atoms with Crippen LogP contribution in [0.25, 0.3) is 11.8 Å². The molecule has 0 aliphatic carbocycles. The van der Waals surface area contributed by atoms with Crippen molar-refractivity contribution in [3.8, 4) is 12.1 Å². The van der Waals surface area contributed by atoms with E-state index in [-0.39, 0.29) is 45.9 Å². The van der Waals surface area contributed by atoms with E-state index in [1.807, 2.05) is 6.07 Å². The van der Waals surface area contributed by atoms with E-state index in [9.17, 15) is 24.0 Å². The van der Waals surface area contributed by atoms with Crippen LogP contribution in [0.5, 0.6) is 0 Å². The smallest absolute Gasteiger partial charge is 0.270 e. The lowest BCUT2D eigenvalue weighted by Gasteiger charge is -2.19. The molecule has 10 nitrogen and oxygen atoms in total. The highest BCUT2D eigenvalue weighted by Crippen LogP contribution is 2.18. The fraction of sp³-hybridized carbons (Fsp3) is 0.192. The van der Waals surface area contributed by atoms with Crippen molar-refractivity contribution in [3.63, 3.8) is 0 Å². The van der Waals surface area contributed by atoms with Crippen LogP contribution >= 0.6 is 11.3 Å².